The molecule has 0 amide bonds. The third-order valence-corrected chi connectivity index (χ3v) is 7.03. The Morgan fingerprint density at radius 3 is 1.46 bits per heavy atom. The summed E-state index contributed by atoms with van der Waals surface area (Å²) in [5, 5.41) is 9.49. The van der Waals surface area contributed by atoms with Crippen LogP contribution in [0.4, 0.5) is 0 Å². The van der Waals surface area contributed by atoms with Gasteiger partial charge >= 0.3 is 5.97 Å². The van der Waals surface area contributed by atoms with E-state index >= 15 is 0 Å². The second-order valence-corrected chi connectivity index (χ2v) is 9.94. The second-order valence-electron chi connectivity index (χ2n) is 8.54. The van der Waals surface area contributed by atoms with Crippen molar-refractivity contribution in [3.63, 3.8) is 0 Å². The first-order valence-electron chi connectivity index (χ1n) is 12.5. The van der Waals surface area contributed by atoms with Crippen molar-refractivity contribution in [3.05, 3.63) is 0 Å². The summed E-state index contributed by atoms with van der Waals surface area (Å²) in [5.74, 6) is 0.516. The van der Waals surface area contributed by atoms with Crippen LogP contribution in [0.15, 0.2) is 0 Å². The fourth-order valence-corrected chi connectivity index (χ4v) is 5.08. The van der Waals surface area contributed by atoms with Crippen LogP contribution in [0.25, 0.3) is 0 Å². The minimum absolute atomic E-state index is 0.330. The van der Waals surface area contributed by atoms with Gasteiger partial charge in [-0.1, -0.05) is 123 Å². The number of carboxylic acid groups (broad SMARTS) is 1. The Labute approximate surface area is 181 Å². The summed E-state index contributed by atoms with van der Waals surface area (Å²) in [4.78, 5) is 11.1. The molecular formula is C25H50O2S. The summed E-state index contributed by atoms with van der Waals surface area (Å²) in [6.45, 7) is 4.53. The molecular weight excluding hydrogens is 364 g/mol. The molecule has 0 aliphatic carbocycles. The molecule has 0 heterocycles. The molecule has 0 spiro atoms. The molecule has 28 heavy (non-hydrogen) atoms. The van der Waals surface area contributed by atoms with Crippen LogP contribution in [0.5, 0.6) is 0 Å². The van der Waals surface area contributed by atoms with E-state index in [9.17, 15) is 4.79 Å². The van der Waals surface area contributed by atoms with Crippen molar-refractivity contribution in [2.75, 3.05) is 5.75 Å². The summed E-state index contributed by atoms with van der Waals surface area (Å²) >= 11 is 1.92. The summed E-state index contributed by atoms with van der Waals surface area (Å²) in [6.07, 6.45) is 25.8. The lowest BCUT2D eigenvalue weighted by Gasteiger charge is -2.14. The van der Waals surface area contributed by atoms with Gasteiger partial charge in [0.15, 0.2) is 0 Å². The molecule has 0 aliphatic heterocycles. The van der Waals surface area contributed by atoms with E-state index in [2.05, 4.69) is 13.8 Å². The Morgan fingerprint density at radius 2 is 1.04 bits per heavy atom. The highest BCUT2D eigenvalue weighted by Crippen LogP contribution is 2.23. The minimum Gasteiger partial charge on any atom is -0.481 e. The average Bonchev–Trinajstić information content (AvgIpc) is 2.67. The Hall–Kier alpha value is -0.180. The van der Waals surface area contributed by atoms with Gasteiger partial charge in [0, 0.05) is 5.25 Å². The van der Waals surface area contributed by atoms with Crippen LogP contribution < -0.4 is 0 Å². The van der Waals surface area contributed by atoms with E-state index in [0.717, 1.165) is 12.2 Å². The first-order valence-corrected chi connectivity index (χ1v) is 13.6. The predicted octanol–water partition coefficient (Wildman–Crippen LogP) is 9.01. The largest absolute Gasteiger partial charge is 0.481 e. The van der Waals surface area contributed by atoms with Gasteiger partial charge in [-0.3, -0.25) is 4.79 Å². The molecule has 0 fully saturated rings. The molecule has 3 heteroatoms. The number of carboxylic acids is 1. The SMILES string of the molecule is CCCCCCCCCCCCCCC(CC(=O)O)SCCCCCCCC. The van der Waals surface area contributed by atoms with Crippen molar-refractivity contribution in [1.82, 2.24) is 0 Å². The van der Waals surface area contributed by atoms with Gasteiger partial charge in [-0.05, 0) is 18.6 Å². The van der Waals surface area contributed by atoms with Crippen molar-refractivity contribution in [1.29, 1.82) is 0 Å². The summed E-state index contributed by atoms with van der Waals surface area (Å²) < 4.78 is 0. The quantitative estimate of drug-likeness (QED) is 0.169. The lowest BCUT2D eigenvalue weighted by atomic mass is 10.0. The number of thioether (sulfide) groups is 1. The highest BCUT2D eigenvalue weighted by atomic mass is 32.2. The van der Waals surface area contributed by atoms with E-state index in [-0.39, 0.29) is 0 Å². The van der Waals surface area contributed by atoms with Gasteiger partial charge in [0.1, 0.15) is 0 Å². The van der Waals surface area contributed by atoms with Gasteiger partial charge in [-0.25, -0.2) is 0 Å². The molecule has 0 aromatic heterocycles. The first-order chi connectivity index (χ1) is 13.7. The maximum Gasteiger partial charge on any atom is 0.304 e. The van der Waals surface area contributed by atoms with E-state index in [4.69, 9.17) is 5.11 Å². The van der Waals surface area contributed by atoms with E-state index in [1.54, 1.807) is 0 Å². The monoisotopic (exact) mass is 414 g/mol. The number of rotatable bonds is 23. The van der Waals surface area contributed by atoms with Gasteiger partial charge in [-0.15, -0.1) is 0 Å². The molecule has 1 atom stereocenters. The molecule has 0 saturated carbocycles. The molecule has 1 N–H and O–H groups in total. The Bertz CT molecular complexity index is 320. The highest BCUT2D eigenvalue weighted by molar-refractivity contribution is 7.99. The van der Waals surface area contributed by atoms with Gasteiger partial charge in [0.05, 0.1) is 6.42 Å². The normalized spacial score (nSPS) is 12.4. The van der Waals surface area contributed by atoms with Gasteiger partial charge < -0.3 is 5.11 Å². The standard InChI is InChI=1S/C25H50O2S/c1-3-5-7-9-11-12-13-14-15-16-17-19-21-24(23-25(26)27)28-22-20-18-10-8-6-4-2/h24H,3-23H2,1-2H3,(H,26,27). The van der Waals surface area contributed by atoms with Crippen LogP contribution in [-0.2, 0) is 4.79 Å². The van der Waals surface area contributed by atoms with E-state index < -0.39 is 5.97 Å². The zero-order chi connectivity index (χ0) is 20.7. The van der Waals surface area contributed by atoms with E-state index in [1.165, 1.54) is 116 Å². The maximum atomic E-state index is 11.1. The topological polar surface area (TPSA) is 37.3 Å². The van der Waals surface area contributed by atoms with Gasteiger partial charge in [-0.2, -0.15) is 11.8 Å². The van der Waals surface area contributed by atoms with Gasteiger partial charge in [0.25, 0.3) is 0 Å². The summed E-state index contributed by atoms with van der Waals surface area (Å²) in [6, 6.07) is 0. The smallest absolute Gasteiger partial charge is 0.304 e. The first kappa shape index (κ1) is 27.8. The van der Waals surface area contributed by atoms with Gasteiger partial charge in [0.2, 0.25) is 0 Å². The molecule has 0 aromatic rings. The van der Waals surface area contributed by atoms with Crippen molar-refractivity contribution >= 4 is 17.7 Å². The highest BCUT2D eigenvalue weighted by Gasteiger charge is 2.13. The third kappa shape index (κ3) is 22.1. The van der Waals surface area contributed by atoms with Crippen molar-refractivity contribution < 1.29 is 9.90 Å². The average molecular weight is 415 g/mol. The zero-order valence-electron chi connectivity index (χ0n) is 19.2. The van der Waals surface area contributed by atoms with Crippen LogP contribution in [0, 0.1) is 0 Å². The number of hydrogen-bond acceptors (Lipinski definition) is 2. The Balaban J connectivity index is 3.53. The minimum atomic E-state index is -0.626. The number of carbonyl (C=O) groups is 1. The van der Waals surface area contributed by atoms with E-state index in [1.807, 2.05) is 11.8 Å². The van der Waals surface area contributed by atoms with Crippen LogP contribution in [0.1, 0.15) is 142 Å². The zero-order valence-corrected chi connectivity index (χ0v) is 20.0. The summed E-state index contributed by atoms with van der Waals surface area (Å²) in [5.41, 5.74) is 0. The molecule has 168 valence electrons. The van der Waals surface area contributed by atoms with Crippen molar-refractivity contribution in [3.8, 4) is 0 Å². The predicted molar refractivity (Wildman–Crippen MR) is 128 cm³/mol. The van der Waals surface area contributed by atoms with Crippen LogP contribution in [-0.4, -0.2) is 22.1 Å². The molecule has 0 aromatic carbocycles. The third-order valence-electron chi connectivity index (χ3n) is 5.63. The van der Waals surface area contributed by atoms with Crippen molar-refractivity contribution in [2.24, 2.45) is 0 Å². The van der Waals surface area contributed by atoms with Crippen molar-refractivity contribution in [2.45, 2.75) is 148 Å². The molecule has 0 aliphatic rings. The molecule has 0 bridgehead atoms. The number of unbranched alkanes of at least 4 members (excludes halogenated alkanes) is 16. The van der Waals surface area contributed by atoms with Crippen LogP contribution in [0.3, 0.4) is 0 Å². The van der Waals surface area contributed by atoms with Crippen LogP contribution >= 0.6 is 11.8 Å². The second kappa shape index (κ2) is 23.1. The fourth-order valence-electron chi connectivity index (χ4n) is 3.78. The number of hydrogen-bond donors (Lipinski definition) is 1. The lowest BCUT2D eigenvalue weighted by molar-refractivity contribution is -0.137. The Morgan fingerprint density at radius 1 is 0.643 bits per heavy atom. The molecule has 0 radical (unpaired) electrons. The lowest BCUT2D eigenvalue weighted by Crippen LogP contribution is -2.10. The Kier molecular flexibility index (Phi) is 23.0. The fraction of sp³-hybridized carbons (Fsp3) is 0.960. The maximum absolute atomic E-state index is 11.1. The van der Waals surface area contributed by atoms with Crippen LogP contribution in [0.2, 0.25) is 0 Å². The number of aliphatic carboxylic acids is 1. The van der Waals surface area contributed by atoms with E-state index in [0.29, 0.717) is 11.7 Å². The summed E-state index contributed by atoms with van der Waals surface area (Å²) in [7, 11) is 0. The molecule has 2 nitrogen and oxygen atoms in total. The molecule has 0 saturated heterocycles. The molecule has 0 rings (SSSR count). The molecule has 1 unspecified atom stereocenters.